The lowest BCUT2D eigenvalue weighted by Crippen LogP contribution is -2.51. The Labute approximate surface area is 112 Å². The normalized spacial score (nSPS) is 25.3. The number of likely N-dealkylation sites (tertiary alicyclic amines) is 1. The van der Waals surface area contributed by atoms with Gasteiger partial charge in [-0.1, -0.05) is 34.6 Å². The van der Waals surface area contributed by atoms with Crippen LogP contribution in [0.15, 0.2) is 0 Å². The Balaban J connectivity index is 2.65. The van der Waals surface area contributed by atoms with Crippen molar-refractivity contribution in [3.8, 4) is 0 Å². The average Bonchev–Trinajstić information content (AvgIpc) is 2.25. The van der Waals surface area contributed by atoms with Crippen LogP contribution in [0.2, 0.25) is 0 Å². The largest absolute Gasteiger partial charge is 0.341 e. The van der Waals surface area contributed by atoms with E-state index in [0.29, 0.717) is 29.7 Å². The molecule has 1 saturated heterocycles. The quantitative estimate of drug-likeness (QED) is 0.836. The van der Waals surface area contributed by atoms with E-state index < -0.39 is 0 Å². The Morgan fingerprint density at radius 3 is 2.44 bits per heavy atom. The summed E-state index contributed by atoms with van der Waals surface area (Å²) in [5.41, 5.74) is 0.347. The fraction of sp³-hybridized carbons (Fsp3) is 0.933. The van der Waals surface area contributed by atoms with Crippen LogP contribution in [0.3, 0.4) is 0 Å². The molecule has 3 heteroatoms. The van der Waals surface area contributed by atoms with E-state index in [-0.39, 0.29) is 0 Å². The number of carbonyl (C=O) groups is 1. The van der Waals surface area contributed by atoms with Crippen molar-refractivity contribution in [2.45, 2.75) is 59.9 Å². The number of carbonyl (C=O) groups excluding carboxylic acids is 1. The summed E-state index contributed by atoms with van der Waals surface area (Å²) in [6.07, 6.45) is 3.03. The SMILES string of the molecule is CCNC1CC(CC(C)(C)C)CN(C(=O)CC)C1. The van der Waals surface area contributed by atoms with E-state index in [9.17, 15) is 4.79 Å². The molecule has 0 radical (unpaired) electrons. The molecule has 1 heterocycles. The predicted molar refractivity (Wildman–Crippen MR) is 76.5 cm³/mol. The second-order valence-corrected chi connectivity index (χ2v) is 6.77. The number of rotatable bonds is 4. The molecule has 1 fully saturated rings. The molecular formula is C15H30N2O. The Kier molecular flexibility index (Phi) is 5.64. The summed E-state index contributed by atoms with van der Waals surface area (Å²) in [5, 5.41) is 3.52. The van der Waals surface area contributed by atoms with Gasteiger partial charge in [0.25, 0.3) is 0 Å². The third-order valence-corrected chi connectivity index (χ3v) is 3.59. The summed E-state index contributed by atoms with van der Waals surface area (Å²) in [4.78, 5) is 14.0. The maximum absolute atomic E-state index is 11.9. The van der Waals surface area contributed by atoms with Gasteiger partial charge in [0.2, 0.25) is 5.91 Å². The Morgan fingerprint density at radius 1 is 1.28 bits per heavy atom. The smallest absolute Gasteiger partial charge is 0.222 e. The molecule has 1 aliphatic heterocycles. The fourth-order valence-corrected chi connectivity index (χ4v) is 3.08. The summed E-state index contributed by atoms with van der Waals surface area (Å²) in [6.45, 7) is 13.8. The van der Waals surface area contributed by atoms with Crippen LogP contribution in [0.1, 0.15) is 53.9 Å². The molecule has 106 valence electrons. The zero-order valence-corrected chi connectivity index (χ0v) is 12.8. The lowest BCUT2D eigenvalue weighted by Gasteiger charge is -2.40. The highest BCUT2D eigenvalue weighted by atomic mass is 16.2. The highest BCUT2D eigenvalue weighted by Gasteiger charge is 2.31. The van der Waals surface area contributed by atoms with Crippen LogP contribution in [0.5, 0.6) is 0 Å². The number of amides is 1. The summed E-state index contributed by atoms with van der Waals surface area (Å²) in [6, 6.07) is 0.478. The lowest BCUT2D eigenvalue weighted by atomic mass is 9.80. The molecule has 1 amide bonds. The minimum Gasteiger partial charge on any atom is -0.341 e. The van der Waals surface area contributed by atoms with Crippen LogP contribution >= 0.6 is 0 Å². The van der Waals surface area contributed by atoms with Gasteiger partial charge in [-0.05, 0) is 30.7 Å². The zero-order valence-electron chi connectivity index (χ0n) is 12.8. The number of hydrogen-bond acceptors (Lipinski definition) is 2. The summed E-state index contributed by atoms with van der Waals surface area (Å²) in [5.74, 6) is 0.940. The first-order valence-corrected chi connectivity index (χ1v) is 7.36. The first-order valence-electron chi connectivity index (χ1n) is 7.36. The van der Waals surface area contributed by atoms with Crippen molar-refractivity contribution >= 4 is 5.91 Å². The summed E-state index contributed by atoms with van der Waals surface area (Å²) >= 11 is 0. The third kappa shape index (κ3) is 4.97. The minimum absolute atomic E-state index is 0.302. The molecule has 0 bridgehead atoms. The minimum atomic E-state index is 0.302. The molecule has 1 N–H and O–H groups in total. The van der Waals surface area contributed by atoms with Crippen molar-refractivity contribution in [1.29, 1.82) is 0 Å². The van der Waals surface area contributed by atoms with Crippen LogP contribution in [0.4, 0.5) is 0 Å². The fourth-order valence-electron chi connectivity index (χ4n) is 3.08. The van der Waals surface area contributed by atoms with Gasteiger partial charge in [0.05, 0.1) is 0 Å². The van der Waals surface area contributed by atoms with E-state index in [1.54, 1.807) is 0 Å². The van der Waals surface area contributed by atoms with Crippen LogP contribution in [0.25, 0.3) is 0 Å². The highest BCUT2D eigenvalue weighted by Crippen LogP contribution is 2.30. The molecule has 0 spiro atoms. The van der Waals surface area contributed by atoms with E-state index in [0.717, 1.165) is 19.6 Å². The van der Waals surface area contributed by atoms with Crippen LogP contribution < -0.4 is 5.32 Å². The van der Waals surface area contributed by atoms with E-state index in [1.165, 1.54) is 12.8 Å². The van der Waals surface area contributed by atoms with Gasteiger partial charge in [-0.3, -0.25) is 4.79 Å². The van der Waals surface area contributed by atoms with Gasteiger partial charge >= 0.3 is 0 Å². The van der Waals surface area contributed by atoms with Crippen molar-refractivity contribution < 1.29 is 4.79 Å². The van der Waals surface area contributed by atoms with Crippen LogP contribution in [-0.4, -0.2) is 36.5 Å². The zero-order chi connectivity index (χ0) is 13.8. The summed E-state index contributed by atoms with van der Waals surface area (Å²) in [7, 11) is 0. The maximum atomic E-state index is 11.9. The number of likely N-dealkylation sites (N-methyl/N-ethyl adjacent to an activating group) is 1. The van der Waals surface area contributed by atoms with Gasteiger partial charge in [0, 0.05) is 25.6 Å². The van der Waals surface area contributed by atoms with Gasteiger partial charge in [-0.25, -0.2) is 0 Å². The number of hydrogen-bond donors (Lipinski definition) is 1. The van der Waals surface area contributed by atoms with Crippen LogP contribution in [-0.2, 0) is 4.79 Å². The second kappa shape index (κ2) is 6.55. The van der Waals surface area contributed by atoms with Crippen molar-refractivity contribution in [2.24, 2.45) is 11.3 Å². The average molecular weight is 254 g/mol. The standard InChI is InChI=1S/C15H30N2O/c1-6-14(18)17-10-12(9-15(3,4)5)8-13(11-17)16-7-2/h12-13,16H,6-11H2,1-5H3. The molecule has 2 unspecified atom stereocenters. The Hall–Kier alpha value is -0.570. The molecular weight excluding hydrogens is 224 g/mol. The van der Waals surface area contributed by atoms with Crippen molar-refractivity contribution in [1.82, 2.24) is 10.2 Å². The van der Waals surface area contributed by atoms with Gasteiger partial charge in [-0.15, -0.1) is 0 Å². The van der Waals surface area contributed by atoms with Gasteiger partial charge in [-0.2, -0.15) is 0 Å². The third-order valence-electron chi connectivity index (χ3n) is 3.59. The van der Waals surface area contributed by atoms with Crippen molar-refractivity contribution in [3.63, 3.8) is 0 Å². The molecule has 1 aliphatic rings. The van der Waals surface area contributed by atoms with Gasteiger partial charge in [0.15, 0.2) is 0 Å². The van der Waals surface area contributed by atoms with Crippen molar-refractivity contribution in [2.75, 3.05) is 19.6 Å². The molecule has 3 nitrogen and oxygen atoms in total. The Morgan fingerprint density at radius 2 is 1.94 bits per heavy atom. The molecule has 0 aromatic heterocycles. The predicted octanol–water partition coefficient (Wildman–Crippen LogP) is 2.66. The molecule has 1 rings (SSSR count). The van der Waals surface area contributed by atoms with E-state index in [4.69, 9.17) is 0 Å². The first-order chi connectivity index (χ1) is 8.35. The van der Waals surface area contributed by atoms with E-state index in [2.05, 4.69) is 37.9 Å². The number of nitrogens with one attached hydrogen (secondary N) is 1. The van der Waals surface area contributed by atoms with Gasteiger partial charge < -0.3 is 10.2 Å². The van der Waals surface area contributed by atoms with E-state index in [1.807, 2.05) is 6.92 Å². The molecule has 18 heavy (non-hydrogen) atoms. The second-order valence-electron chi connectivity index (χ2n) is 6.77. The first kappa shape index (κ1) is 15.5. The molecule has 0 saturated carbocycles. The maximum Gasteiger partial charge on any atom is 0.222 e. The van der Waals surface area contributed by atoms with Gasteiger partial charge in [0.1, 0.15) is 0 Å². The van der Waals surface area contributed by atoms with E-state index >= 15 is 0 Å². The molecule has 0 aromatic rings. The lowest BCUT2D eigenvalue weighted by molar-refractivity contribution is -0.133. The van der Waals surface area contributed by atoms with Crippen LogP contribution in [0, 0.1) is 11.3 Å². The topological polar surface area (TPSA) is 32.3 Å². The molecule has 2 atom stereocenters. The highest BCUT2D eigenvalue weighted by molar-refractivity contribution is 5.76. The summed E-state index contributed by atoms with van der Waals surface area (Å²) < 4.78 is 0. The number of nitrogens with zero attached hydrogens (tertiary/aromatic N) is 1. The molecule has 0 aliphatic carbocycles. The molecule has 0 aromatic carbocycles. The van der Waals surface area contributed by atoms with Crippen molar-refractivity contribution in [3.05, 3.63) is 0 Å². The monoisotopic (exact) mass is 254 g/mol. The number of piperidine rings is 1. The Bertz CT molecular complexity index is 270.